The number of aromatic nitrogens is 2. The second-order valence-electron chi connectivity index (χ2n) is 7.90. The van der Waals surface area contributed by atoms with Gasteiger partial charge >= 0.3 is 5.95 Å². The van der Waals surface area contributed by atoms with E-state index in [1.165, 1.54) is 17.0 Å². The van der Waals surface area contributed by atoms with Crippen LogP contribution in [0.15, 0.2) is 22.7 Å². The third-order valence-electron chi connectivity index (χ3n) is 4.98. The van der Waals surface area contributed by atoms with Gasteiger partial charge in [0.15, 0.2) is 0 Å². The largest absolute Gasteiger partial charge is 0.434 e. The van der Waals surface area contributed by atoms with Crippen molar-refractivity contribution in [3.63, 3.8) is 0 Å². The Labute approximate surface area is 163 Å². The van der Waals surface area contributed by atoms with Gasteiger partial charge in [0.2, 0.25) is 0 Å². The summed E-state index contributed by atoms with van der Waals surface area (Å²) in [4.78, 5) is 36.1. The number of aliphatic hydroxyl groups excluding tert-OH is 1. The van der Waals surface area contributed by atoms with Crippen LogP contribution in [0.3, 0.4) is 0 Å². The number of rotatable bonds is 13. The SMILES string of the molecule is CC(N=O)C(C)(C)NCC(O)CNC(C)(C)C(Cn1ccnc1[N+](=O)[O-])N=O. The fourth-order valence-corrected chi connectivity index (χ4v) is 2.43. The highest BCUT2D eigenvalue weighted by Crippen LogP contribution is 2.18. The lowest BCUT2D eigenvalue weighted by Gasteiger charge is -2.33. The van der Waals surface area contributed by atoms with Crippen molar-refractivity contribution in [2.75, 3.05) is 13.1 Å². The van der Waals surface area contributed by atoms with Crippen molar-refractivity contribution in [3.05, 3.63) is 32.3 Å². The molecule has 0 aliphatic heterocycles. The number of hydrogen-bond acceptors (Lipinski definition) is 10. The fraction of sp³-hybridized carbons (Fsp3) is 0.812. The first-order valence-electron chi connectivity index (χ1n) is 8.93. The molecule has 0 saturated heterocycles. The van der Waals surface area contributed by atoms with E-state index < -0.39 is 34.2 Å². The van der Waals surface area contributed by atoms with Gasteiger partial charge < -0.3 is 25.9 Å². The van der Waals surface area contributed by atoms with Gasteiger partial charge in [-0.1, -0.05) is 15.3 Å². The van der Waals surface area contributed by atoms with E-state index in [4.69, 9.17) is 0 Å². The summed E-state index contributed by atoms with van der Waals surface area (Å²) in [5, 5.41) is 33.5. The quantitative estimate of drug-likeness (QED) is 0.253. The first-order valence-corrected chi connectivity index (χ1v) is 8.93. The van der Waals surface area contributed by atoms with Gasteiger partial charge in [0.25, 0.3) is 0 Å². The lowest BCUT2D eigenvalue weighted by Crippen LogP contribution is -2.55. The number of aliphatic hydroxyl groups is 1. The van der Waals surface area contributed by atoms with Gasteiger partial charge in [-0.05, 0) is 39.5 Å². The number of nitro groups is 1. The molecule has 0 fully saturated rings. The fourth-order valence-electron chi connectivity index (χ4n) is 2.43. The average Bonchev–Trinajstić information content (AvgIpc) is 3.10. The maximum absolute atomic E-state index is 11.4. The zero-order chi connectivity index (χ0) is 21.5. The molecule has 158 valence electrons. The molecule has 0 amide bonds. The molecule has 0 bridgehead atoms. The smallest absolute Gasteiger partial charge is 0.390 e. The van der Waals surface area contributed by atoms with Gasteiger partial charge in [-0.3, -0.25) is 0 Å². The highest BCUT2D eigenvalue weighted by atomic mass is 16.6. The zero-order valence-electron chi connectivity index (χ0n) is 16.8. The van der Waals surface area contributed by atoms with Crippen LogP contribution < -0.4 is 10.6 Å². The third kappa shape index (κ3) is 6.39. The molecule has 12 nitrogen and oxygen atoms in total. The Hall–Kier alpha value is -2.31. The Morgan fingerprint density at radius 2 is 1.79 bits per heavy atom. The number of nitrogens with one attached hydrogen (secondary N) is 2. The number of nitrogens with zero attached hydrogens (tertiary/aromatic N) is 5. The lowest BCUT2D eigenvalue weighted by molar-refractivity contribution is -0.396. The van der Waals surface area contributed by atoms with E-state index in [2.05, 4.69) is 26.0 Å². The summed E-state index contributed by atoms with van der Waals surface area (Å²) >= 11 is 0. The van der Waals surface area contributed by atoms with Crippen LogP contribution in [0.1, 0.15) is 34.6 Å². The minimum Gasteiger partial charge on any atom is -0.390 e. The predicted octanol–water partition coefficient (Wildman–Crippen LogP) is 1.18. The summed E-state index contributed by atoms with van der Waals surface area (Å²) in [6.45, 7) is 9.10. The van der Waals surface area contributed by atoms with Crippen LogP contribution in [0, 0.1) is 19.9 Å². The molecule has 0 aromatic carbocycles. The second kappa shape index (κ2) is 9.75. The topological polar surface area (TPSA) is 164 Å². The Morgan fingerprint density at radius 1 is 1.21 bits per heavy atom. The molecule has 1 aromatic rings. The van der Waals surface area contributed by atoms with Crippen molar-refractivity contribution >= 4 is 5.95 Å². The normalized spacial score (nSPS) is 15.6. The molecular weight excluding hydrogens is 370 g/mol. The molecule has 0 aliphatic rings. The summed E-state index contributed by atoms with van der Waals surface area (Å²) in [6, 6.07) is -1.31. The van der Waals surface area contributed by atoms with Crippen LogP contribution in [-0.4, -0.2) is 61.9 Å². The number of hydrogen-bond donors (Lipinski definition) is 3. The maximum Gasteiger partial charge on any atom is 0.434 e. The molecule has 0 saturated carbocycles. The molecular formula is C16H29N7O5. The van der Waals surface area contributed by atoms with Gasteiger partial charge in [0.1, 0.15) is 24.5 Å². The van der Waals surface area contributed by atoms with E-state index in [-0.39, 0.29) is 25.6 Å². The van der Waals surface area contributed by atoms with Crippen LogP contribution in [0.25, 0.3) is 0 Å². The average molecular weight is 399 g/mol. The molecule has 1 aromatic heterocycles. The number of imidazole rings is 1. The summed E-state index contributed by atoms with van der Waals surface area (Å²) in [6.07, 6.45) is 1.90. The van der Waals surface area contributed by atoms with Gasteiger partial charge in [-0.25, -0.2) is 4.57 Å². The van der Waals surface area contributed by atoms with E-state index in [1.807, 2.05) is 13.8 Å². The van der Waals surface area contributed by atoms with Crippen LogP contribution >= 0.6 is 0 Å². The Bertz CT molecular complexity index is 676. The molecule has 1 heterocycles. The van der Waals surface area contributed by atoms with Gasteiger partial charge in [-0.2, -0.15) is 9.81 Å². The van der Waals surface area contributed by atoms with Crippen LogP contribution in [0.4, 0.5) is 5.95 Å². The summed E-state index contributed by atoms with van der Waals surface area (Å²) in [5.74, 6) is -0.367. The van der Waals surface area contributed by atoms with E-state index in [0.29, 0.717) is 0 Å². The predicted molar refractivity (Wildman–Crippen MR) is 104 cm³/mol. The third-order valence-corrected chi connectivity index (χ3v) is 4.98. The standard InChI is InChI=1S/C16H29N7O5/c1-11(20-25)15(2,3)18-8-12(24)9-19-16(4,5)13(21-26)10-22-7-6-17-14(22)23(27)28/h6-7,11-13,18-19,24H,8-10H2,1-5H3. The first kappa shape index (κ1) is 23.7. The van der Waals surface area contributed by atoms with E-state index in [1.54, 1.807) is 20.8 Å². The van der Waals surface area contributed by atoms with Crippen LogP contribution in [-0.2, 0) is 6.54 Å². The Balaban J connectivity index is 2.65. The lowest BCUT2D eigenvalue weighted by atomic mass is 9.94. The molecule has 0 aliphatic carbocycles. The summed E-state index contributed by atoms with van der Waals surface area (Å²) < 4.78 is 1.25. The minimum absolute atomic E-state index is 0.0241. The van der Waals surface area contributed by atoms with Crippen LogP contribution in [0.5, 0.6) is 0 Å². The molecule has 12 heteroatoms. The monoisotopic (exact) mass is 399 g/mol. The molecule has 3 atom stereocenters. The molecule has 0 spiro atoms. The zero-order valence-corrected chi connectivity index (χ0v) is 16.8. The Morgan fingerprint density at radius 3 is 2.29 bits per heavy atom. The molecule has 3 unspecified atom stereocenters. The Kier molecular flexibility index (Phi) is 8.27. The summed E-state index contributed by atoms with van der Waals surface area (Å²) in [7, 11) is 0. The van der Waals surface area contributed by atoms with Crippen molar-refractivity contribution in [1.29, 1.82) is 0 Å². The molecule has 1 rings (SSSR count). The van der Waals surface area contributed by atoms with E-state index in [0.717, 1.165) is 0 Å². The van der Waals surface area contributed by atoms with E-state index >= 15 is 0 Å². The number of β-amino-alcohol motifs (C(OH)–C–C–N with tert-alkyl or cyclic N) is 1. The maximum atomic E-state index is 11.4. The number of nitroso groups, excluding NO2 is 2. The van der Waals surface area contributed by atoms with Crippen LogP contribution in [0.2, 0.25) is 0 Å². The van der Waals surface area contributed by atoms with Gasteiger partial charge in [0, 0.05) is 24.2 Å². The highest BCUT2D eigenvalue weighted by Gasteiger charge is 2.34. The van der Waals surface area contributed by atoms with Gasteiger partial charge in [0.05, 0.1) is 12.6 Å². The molecule has 28 heavy (non-hydrogen) atoms. The molecule has 3 N–H and O–H groups in total. The van der Waals surface area contributed by atoms with Gasteiger partial charge in [-0.15, -0.1) is 0 Å². The van der Waals surface area contributed by atoms with Crippen molar-refractivity contribution in [2.45, 2.75) is 70.4 Å². The summed E-state index contributed by atoms with van der Waals surface area (Å²) in [5.41, 5.74) is -1.42. The van der Waals surface area contributed by atoms with Crippen molar-refractivity contribution < 1.29 is 10.0 Å². The van der Waals surface area contributed by atoms with Crippen molar-refractivity contribution in [2.24, 2.45) is 10.4 Å². The van der Waals surface area contributed by atoms with E-state index in [9.17, 15) is 25.0 Å². The van der Waals surface area contributed by atoms with Crippen molar-refractivity contribution in [1.82, 2.24) is 20.2 Å². The second-order valence-corrected chi connectivity index (χ2v) is 7.90. The minimum atomic E-state index is -0.839. The van der Waals surface area contributed by atoms with Crippen molar-refractivity contribution in [3.8, 4) is 0 Å². The first-order chi connectivity index (χ1) is 12.9. The molecule has 0 radical (unpaired) electrons. The highest BCUT2D eigenvalue weighted by molar-refractivity contribution is 5.08.